The number of nitrogens with zero attached hydrogens (tertiary/aromatic N) is 5. The second kappa shape index (κ2) is 13.0. The lowest BCUT2D eigenvalue weighted by Gasteiger charge is -2.42. The summed E-state index contributed by atoms with van der Waals surface area (Å²) in [5, 5.41) is 0. The Morgan fingerprint density at radius 1 is 0.800 bits per heavy atom. The van der Waals surface area contributed by atoms with Crippen molar-refractivity contribution in [2.75, 3.05) is 45.3 Å². The molecule has 3 aromatic carbocycles. The van der Waals surface area contributed by atoms with Crippen LogP contribution in [0.25, 0.3) is 0 Å². The molecule has 2 atom stereocenters. The van der Waals surface area contributed by atoms with Crippen LogP contribution in [-0.4, -0.2) is 82.6 Å². The highest BCUT2D eigenvalue weighted by Crippen LogP contribution is 2.54. The van der Waals surface area contributed by atoms with Crippen molar-refractivity contribution < 1.29 is 23.9 Å². The van der Waals surface area contributed by atoms with Gasteiger partial charge in [-0.25, -0.2) is 9.97 Å². The van der Waals surface area contributed by atoms with Gasteiger partial charge >= 0.3 is 0 Å². The Balaban J connectivity index is 1.43. The maximum absolute atomic E-state index is 15.0. The number of thioether (sulfide) groups is 1. The molecule has 2 saturated heterocycles. The zero-order chi connectivity index (χ0) is 31.4. The third-order valence-corrected chi connectivity index (χ3v) is 9.59. The fraction of sp³-hybridized carbons (Fsp3) is 0.265. The minimum Gasteiger partial charge on any atom is -0.497 e. The van der Waals surface area contributed by atoms with E-state index >= 15 is 0 Å². The van der Waals surface area contributed by atoms with Crippen molar-refractivity contribution >= 4 is 35.4 Å². The maximum Gasteiger partial charge on any atom is 0.261 e. The largest absolute Gasteiger partial charge is 0.497 e. The van der Waals surface area contributed by atoms with Gasteiger partial charge in [0.1, 0.15) is 16.2 Å². The summed E-state index contributed by atoms with van der Waals surface area (Å²) in [5.41, 5.74) is 1.04. The molecule has 0 saturated carbocycles. The number of ether oxygens (including phenoxy) is 2. The summed E-state index contributed by atoms with van der Waals surface area (Å²) in [4.78, 5) is 57.8. The van der Waals surface area contributed by atoms with E-state index in [0.717, 1.165) is 4.90 Å². The number of amides is 3. The van der Waals surface area contributed by atoms with Crippen LogP contribution in [-0.2, 0) is 9.59 Å². The van der Waals surface area contributed by atoms with Gasteiger partial charge in [-0.1, -0.05) is 30.3 Å². The molecule has 2 fully saturated rings. The number of carbonyl (C=O) groups is 3. The third kappa shape index (κ3) is 5.95. The predicted octanol–water partition coefficient (Wildman–Crippen LogP) is 4.49. The first-order valence-electron chi connectivity index (χ1n) is 14.6. The summed E-state index contributed by atoms with van der Waals surface area (Å²) >= 11 is 1.32. The summed E-state index contributed by atoms with van der Waals surface area (Å²) in [6, 6.07) is 24.2. The van der Waals surface area contributed by atoms with Gasteiger partial charge in [0.2, 0.25) is 17.8 Å². The number of aromatic nitrogens is 2. The Labute approximate surface area is 266 Å². The average Bonchev–Trinajstić information content (AvgIpc) is 3.40. The first-order valence-corrected chi connectivity index (χ1v) is 15.4. The van der Waals surface area contributed by atoms with Gasteiger partial charge in [-0.15, -0.1) is 11.8 Å². The molecule has 230 valence electrons. The fourth-order valence-corrected chi connectivity index (χ4v) is 7.39. The standard InChI is InChI=1S/C34H33N5O5S/c1-43-26-11-9-24(10-12-26)30-34(45-28-15-13-27(44-2)14-16-28,23-29(40)39(30)31(41)25-7-4-3-5-8-25)32(42)37-19-21-38(22-20-37)33-35-17-6-18-36-33/h3-18,30H,19-23H2,1-2H3/t30-,34-/m1/s1. The highest BCUT2D eigenvalue weighted by Gasteiger charge is 2.61. The maximum atomic E-state index is 15.0. The number of hydrogen-bond acceptors (Lipinski definition) is 9. The molecule has 0 N–H and O–H groups in total. The van der Waals surface area contributed by atoms with Crippen LogP contribution in [0.3, 0.4) is 0 Å². The van der Waals surface area contributed by atoms with Crippen LogP contribution >= 0.6 is 11.8 Å². The first kappa shape index (κ1) is 30.1. The average molecular weight is 624 g/mol. The molecule has 3 amide bonds. The van der Waals surface area contributed by atoms with E-state index in [4.69, 9.17) is 9.47 Å². The van der Waals surface area contributed by atoms with E-state index in [1.54, 1.807) is 74.0 Å². The van der Waals surface area contributed by atoms with E-state index in [2.05, 4.69) is 9.97 Å². The van der Waals surface area contributed by atoms with Crippen molar-refractivity contribution in [3.05, 3.63) is 108 Å². The van der Waals surface area contributed by atoms with Crippen LogP contribution < -0.4 is 14.4 Å². The van der Waals surface area contributed by atoms with Crippen LogP contribution in [0.5, 0.6) is 11.5 Å². The van der Waals surface area contributed by atoms with Crippen molar-refractivity contribution in [3.8, 4) is 11.5 Å². The zero-order valence-corrected chi connectivity index (χ0v) is 25.9. The van der Waals surface area contributed by atoms with Gasteiger partial charge in [-0.05, 0) is 60.2 Å². The molecule has 11 heteroatoms. The molecular weight excluding hydrogens is 590 g/mol. The molecule has 45 heavy (non-hydrogen) atoms. The highest BCUT2D eigenvalue weighted by atomic mass is 32.2. The van der Waals surface area contributed by atoms with Gasteiger partial charge < -0.3 is 19.3 Å². The fourth-order valence-electron chi connectivity index (χ4n) is 5.93. The molecule has 0 bridgehead atoms. The molecule has 10 nitrogen and oxygen atoms in total. The Morgan fingerprint density at radius 2 is 1.40 bits per heavy atom. The van der Waals surface area contributed by atoms with Gasteiger partial charge in [0.05, 0.1) is 26.7 Å². The number of anilines is 1. The number of methoxy groups -OCH3 is 2. The normalized spacial score (nSPS) is 19.8. The number of rotatable bonds is 8. The summed E-state index contributed by atoms with van der Waals surface area (Å²) in [6.45, 7) is 1.90. The van der Waals surface area contributed by atoms with Gasteiger partial charge in [0, 0.05) is 49.0 Å². The van der Waals surface area contributed by atoms with Gasteiger partial charge in [0.25, 0.3) is 5.91 Å². The monoisotopic (exact) mass is 623 g/mol. The van der Waals surface area contributed by atoms with Crippen LogP contribution in [0.4, 0.5) is 5.95 Å². The number of imide groups is 1. The van der Waals surface area contributed by atoms with Crippen LogP contribution in [0.2, 0.25) is 0 Å². The summed E-state index contributed by atoms with van der Waals surface area (Å²) in [6.07, 6.45) is 3.24. The molecule has 0 spiro atoms. The molecule has 1 aromatic heterocycles. The first-order chi connectivity index (χ1) is 21.9. The molecule has 0 aliphatic carbocycles. The predicted molar refractivity (Wildman–Crippen MR) is 170 cm³/mol. The molecule has 6 rings (SSSR count). The van der Waals surface area contributed by atoms with E-state index in [1.165, 1.54) is 16.7 Å². The third-order valence-electron chi connectivity index (χ3n) is 8.18. The van der Waals surface area contributed by atoms with Crippen LogP contribution in [0, 0.1) is 0 Å². The molecule has 3 heterocycles. The Morgan fingerprint density at radius 3 is 2.00 bits per heavy atom. The molecule has 0 radical (unpaired) electrons. The number of piperazine rings is 1. The lowest BCUT2D eigenvalue weighted by Crippen LogP contribution is -2.56. The van der Waals surface area contributed by atoms with Crippen molar-refractivity contribution in [2.24, 2.45) is 0 Å². The molecule has 4 aromatic rings. The van der Waals surface area contributed by atoms with Gasteiger partial charge in [-0.3, -0.25) is 19.3 Å². The summed E-state index contributed by atoms with van der Waals surface area (Å²) < 4.78 is 9.41. The SMILES string of the molecule is COc1ccc(S[C@]2(C(=O)N3CCN(c4ncccn4)CC3)CC(=O)N(C(=O)c3ccccc3)[C@@H]2c2ccc(OC)cc2)cc1. The second-order valence-electron chi connectivity index (χ2n) is 10.8. The van der Waals surface area contributed by atoms with E-state index in [9.17, 15) is 14.4 Å². The smallest absolute Gasteiger partial charge is 0.261 e. The molecular formula is C34H33N5O5S. The van der Waals surface area contributed by atoms with E-state index in [0.29, 0.717) is 54.8 Å². The number of likely N-dealkylation sites (tertiary alicyclic amines) is 1. The summed E-state index contributed by atoms with van der Waals surface area (Å²) in [7, 11) is 3.17. The minimum atomic E-state index is -1.35. The number of benzene rings is 3. The number of carbonyl (C=O) groups excluding carboxylic acids is 3. The lowest BCUT2D eigenvalue weighted by atomic mass is 9.90. The highest BCUT2D eigenvalue weighted by molar-refractivity contribution is 8.01. The van der Waals surface area contributed by atoms with Crippen molar-refractivity contribution in [2.45, 2.75) is 22.1 Å². The Kier molecular flexibility index (Phi) is 8.70. The van der Waals surface area contributed by atoms with Gasteiger partial charge in [0.15, 0.2) is 0 Å². The van der Waals surface area contributed by atoms with Crippen molar-refractivity contribution in [1.82, 2.24) is 19.8 Å². The van der Waals surface area contributed by atoms with Gasteiger partial charge in [-0.2, -0.15) is 0 Å². The lowest BCUT2D eigenvalue weighted by molar-refractivity contribution is -0.135. The zero-order valence-electron chi connectivity index (χ0n) is 25.0. The second-order valence-corrected chi connectivity index (χ2v) is 12.2. The van der Waals surface area contributed by atoms with E-state index < -0.39 is 22.6 Å². The molecule has 0 unspecified atom stereocenters. The van der Waals surface area contributed by atoms with E-state index in [1.807, 2.05) is 47.4 Å². The summed E-state index contributed by atoms with van der Waals surface area (Å²) in [5.74, 6) is 0.859. The van der Waals surface area contributed by atoms with E-state index in [-0.39, 0.29) is 12.3 Å². The number of hydrogen-bond donors (Lipinski definition) is 0. The topological polar surface area (TPSA) is 105 Å². The minimum absolute atomic E-state index is 0.153. The Bertz CT molecular complexity index is 1650. The molecule has 2 aliphatic heterocycles. The van der Waals surface area contributed by atoms with Crippen molar-refractivity contribution in [3.63, 3.8) is 0 Å². The van der Waals surface area contributed by atoms with Crippen LogP contribution in [0.15, 0.2) is 102 Å². The Hall–Kier alpha value is -4.90. The van der Waals surface area contributed by atoms with Crippen LogP contribution in [0.1, 0.15) is 28.4 Å². The van der Waals surface area contributed by atoms with Crippen molar-refractivity contribution in [1.29, 1.82) is 0 Å². The quantitative estimate of drug-likeness (QED) is 0.263. The molecule has 2 aliphatic rings.